The van der Waals surface area contributed by atoms with Crippen molar-refractivity contribution in [2.45, 2.75) is 58.0 Å². The number of ether oxygens (including phenoxy) is 1. The summed E-state index contributed by atoms with van der Waals surface area (Å²) in [6.45, 7) is 8.02. The standard InChI is InChI=1S/C31H39N3O5S/c1-5-20-32-31(36)27(6-2)33(22-25-15-13-14-24(4)21-25)30(35)23-34(28-18-11-12-19-29(28)39-7-3)40(37,38)26-16-9-8-10-17-26/h8-19,21,27H,5-7,20,22-23H2,1-4H3,(H,32,36)/t27-/m1/s1. The Morgan fingerprint density at radius 3 is 2.27 bits per heavy atom. The van der Waals surface area contributed by atoms with Gasteiger partial charge in [-0.2, -0.15) is 0 Å². The van der Waals surface area contributed by atoms with Crippen LogP contribution in [0.3, 0.4) is 0 Å². The predicted octanol–water partition coefficient (Wildman–Crippen LogP) is 4.92. The number of amides is 2. The number of aryl methyl sites for hydroxylation is 1. The molecule has 0 saturated carbocycles. The van der Waals surface area contributed by atoms with Crippen molar-refractivity contribution in [1.82, 2.24) is 10.2 Å². The molecule has 9 heteroatoms. The maximum atomic E-state index is 14.1. The molecule has 0 heterocycles. The van der Waals surface area contributed by atoms with Gasteiger partial charge in [-0.1, -0.05) is 74.0 Å². The van der Waals surface area contributed by atoms with Crippen molar-refractivity contribution in [3.05, 3.63) is 90.0 Å². The smallest absolute Gasteiger partial charge is 0.264 e. The van der Waals surface area contributed by atoms with Crippen molar-refractivity contribution >= 4 is 27.5 Å². The second-order valence-corrected chi connectivity index (χ2v) is 11.3. The van der Waals surface area contributed by atoms with Crippen molar-refractivity contribution in [2.75, 3.05) is 24.0 Å². The van der Waals surface area contributed by atoms with Crippen molar-refractivity contribution in [3.63, 3.8) is 0 Å². The fraction of sp³-hybridized carbons (Fsp3) is 0.355. The van der Waals surface area contributed by atoms with E-state index in [1.54, 1.807) is 42.5 Å². The van der Waals surface area contributed by atoms with Gasteiger partial charge < -0.3 is 15.0 Å². The number of nitrogens with zero attached hydrogens (tertiary/aromatic N) is 2. The molecule has 0 bridgehead atoms. The van der Waals surface area contributed by atoms with Gasteiger partial charge in [0.05, 0.1) is 17.2 Å². The largest absolute Gasteiger partial charge is 0.492 e. The zero-order chi connectivity index (χ0) is 29.1. The first-order chi connectivity index (χ1) is 19.2. The van der Waals surface area contributed by atoms with Crippen LogP contribution in [0.25, 0.3) is 0 Å². The summed E-state index contributed by atoms with van der Waals surface area (Å²) >= 11 is 0. The summed E-state index contributed by atoms with van der Waals surface area (Å²) in [5, 5.41) is 2.90. The van der Waals surface area contributed by atoms with Crippen LogP contribution in [0.5, 0.6) is 5.75 Å². The minimum Gasteiger partial charge on any atom is -0.492 e. The first-order valence-corrected chi connectivity index (χ1v) is 15.1. The molecule has 40 heavy (non-hydrogen) atoms. The van der Waals surface area contributed by atoms with Crippen molar-refractivity contribution in [2.24, 2.45) is 0 Å². The van der Waals surface area contributed by atoms with E-state index in [0.717, 1.165) is 21.9 Å². The maximum absolute atomic E-state index is 14.1. The van der Waals surface area contributed by atoms with E-state index < -0.39 is 28.5 Å². The van der Waals surface area contributed by atoms with E-state index in [2.05, 4.69) is 5.32 Å². The fourth-order valence-corrected chi connectivity index (χ4v) is 5.91. The molecule has 0 unspecified atom stereocenters. The minimum atomic E-state index is -4.16. The van der Waals surface area contributed by atoms with Crippen LogP contribution < -0.4 is 14.4 Å². The molecule has 0 aliphatic rings. The number of sulfonamides is 1. The number of hydrogen-bond donors (Lipinski definition) is 1. The van der Waals surface area contributed by atoms with Gasteiger partial charge in [-0.15, -0.1) is 0 Å². The van der Waals surface area contributed by atoms with Gasteiger partial charge in [0.15, 0.2) is 0 Å². The quantitative estimate of drug-likeness (QED) is 0.299. The van der Waals surface area contributed by atoms with Gasteiger partial charge in [0.25, 0.3) is 10.0 Å². The van der Waals surface area contributed by atoms with Gasteiger partial charge in [-0.3, -0.25) is 13.9 Å². The third kappa shape index (κ3) is 7.63. The van der Waals surface area contributed by atoms with Crippen LogP contribution in [0.2, 0.25) is 0 Å². The molecule has 2 amide bonds. The van der Waals surface area contributed by atoms with E-state index in [0.29, 0.717) is 25.3 Å². The average Bonchev–Trinajstić information content (AvgIpc) is 2.95. The minimum absolute atomic E-state index is 0.0482. The van der Waals surface area contributed by atoms with Crippen LogP contribution >= 0.6 is 0 Å². The third-order valence-electron chi connectivity index (χ3n) is 6.41. The lowest BCUT2D eigenvalue weighted by Gasteiger charge is -2.33. The van der Waals surface area contributed by atoms with Crippen molar-refractivity contribution in [1.29, 1.82) is 0 Å². The molecule has 3 aromatic carbocycles. The Morgan fingerprint density at radius 1 is 0.925 bits per heavy atom. The summed E-state index contributed by atoms with van der Waals surface area (Å²) in [6.07, 6.45) is 1.12. The Kier molecular flexibility index (Phi) is 11.1. The molecule has 3 rings (SSSR count). The van der Waals surface area contributed by atoms with Gasteiger partial charge in [-0.05, 0) is 56.5 Å². The molecule has 0 saturated heterocycles. The lowest BCUT2D eigenvalue weighted by atomic mass is 10.1. The van der Waals surface area contributed by atoms with E-state index in [1.165, 1.54) is 17.0 Å². The summed E-state index contributed by atoms with van der Waals surface area (Å²) in [5.74, 6) is -0.418. The summed E-state index contributed by atoms with van der Waals surface area (Å²) in [7, 11) is -4.16. The number of rotatable bonds is 14. The maximum Gasteiger partial charge on any atom is 0.264 e. The molecule has 1 atom stereocenters. The van der Waals surface area contributed by atoms with Gasteiger partial charge in [0.2, 0.25) is 11.8 Å². The summed E-state index contributed by atoms with van der Waals surface area (Å²) in [6, 6.07) is 21.7. The third-order valence-corrected chi connectivity index (χ3v) is 8.19. The van der Waals surface area contributed by atoms with Crippen molar-refractivity contribution in [3.8, 4) is 5.75 Å². The number of anilines is 1. The van der Waals surface area contributed by atoms with E-state index in [-0.39, 0.29) is 23.0 Å². The molecule has 8 nitrogen and oxygen atoms in total. The van der Waals surface area contributed by atoms with Crippen LogP contribution in [0.1, 0.15) is 44.7 Å². The zero-order valence-electron chi connectivity index (χ0n) is 23.7. The Hall–Kier alpha value is -3.85. The number of para-hydroxylation sites is 2. The molecule has 1 N–H and O–H groups in total. The topological polar surface area (TPSA) is 96.0 Å². The number of carbonyl (C=O) groups excluding carboxylic acids is 2. The number of nitrogens with one attached hydrogen (secondary N) is 1. The second-order valence-electron chi connectivity index (χ2n) is 9.45. The summed E-state index contributed by atoms with van der Waals surface area (Å²) in [5.41, 5.74) is 2.12. The first-order valence-electron chi connectivity index (χ1n) is 13.6. The van der Waals surface area contributed by atoms with Gasteiger partial charge in [0.1, 0.15) is 18.3 Å². The van der Waals surface area contributed by atoms with E-state index in [1.807, 2.05) is 52.0 Å². The highest BCUT2D eigenvalue weighted by molar-refractivity contribution is 7.92. The highest BCUT2D eigenvalue weighted by Crippen LogP contribution is 2.33. The molecule has 0 spiro atoms. The molecule has 0 radical (unpaired) electrons. The summed E-state index contributed by atoms with van der Waals surface area (Å²) < 4.78 is 34.8. The molecular formula is C31H39N3O5S. The molecule has 3 aromatic rings. The molecule has 214 valence electrons. The second kappa shape index (κ2) is 14.5. The van der Waals surface area contributed by atoms with Gasteiger partial charge in [-0.25, -0.2) is 8.42 Å². The Bertz CT molecular complexity index is 1380. The summed E-state index contributed by atoms with van der Waals surface area (Å²) in [4.78, 5) is 28.9. The SMILES string of the molecule is CCCNC(=O)[C@@H](CC)N(Cc1cccc(C)c1)C(=O)CN(c1ccccc1OCC)S(=O)(=O)c1ccccc1. The number of hydrogen-bond acceptors (Lipinski definition) is 5. The average molecular weight is 566 g/mol. The fourth-order valence-electron chi connectivity index (χ4n) is 4.47. The van der Waals surface area contributed by atoms with Crippen molar-refractivity contribution < 1.29 is 22.7 Å². The molecular weight excluding hydrogens is 526 g/mol. The number of carbonyl (C=O) groups is 2. The molecule has 0 fully saturated rings. The highest BCUT2D eigenvalue weighted by atomic mass is 32.2. The molecule has 0 aliphatic heterocycles. The monoisotopic (exact) mass is 565 g/mol. The normalized spacial score (nSPS) is 11.9. The van der Waals surface area contributed by atoms with Crippen LogP contribution in [0.4, 0.5) is 5.69 Å². The Balaban J connectivity index is 2.09. The van der Waals surface area contributed by atoms with Gasteiger partial charge >= 0.3 is 0 Å². The Labute approximate surface area is 238 Å². The van der Waals surface area contributed by atoms with Gasteiger partial charge in [0, 0.05) is 13.1 Å². The lowest BCUT2D eigenvalue weighted by Crippen LogP contribution is -2.52. The van der Waals surface area contributed by atoms with Crippen LogP contribution in [0, 0.1) is 6.92 Å². The van der Waals surface area contributed by atoms with Crippen LogP contribution in [-0.2, 0) is 26.2 Å². The highest BCUT2D eigenvalue weighted by Gasteiger charge is 2.34. The van der Waals surface area contributed by atoms with Crippen LogP contribution in [0.15, 0.2) is 83.8 Å². The van der Waals surface area contributed by atoms with E-state index in [9.17, 15) is 18.0 Å². The molecule has 0 aromatic heterocycles. The lowest BCUT2D eigenvalue weighted by molar-refractivity contribution is -0.140. The zero-order valence-corrected chi connectivity index (χ0v) is 24.5. The van der Waals surface area contributed by atoms with Crippen LogP contribution in [-0.4, -0.2) is 50.9 Å². The predicted molar refractivity (Wildman–Crippen MR) is 158 cm³/mol. The Morgan fingerprint density at radius 2 is 1.62 bits per heavy atom. The first kappa shape index (κ1) is 30.7. The molecule has 0 aliphatic carbocycles. The number of benzene rings is 3. The van der Waals surface area contributed by atoms with E-state index in [4.69, 9.17) is 4.74 Å². The van der Waals surface area contributed by atoms with E-state index >= 15 is 0 Å².